The summed E-state index contributed by atoms with van der Waals surface area (Å²) in [6, 6.07) is 0. The third-order valence-corrected chi connectivity index (χ3v) is 1.91. The molecule has 1 fully saturated rings. The molecule has 1 rings (SSSR count). The number of hydroxylamine groups is 2. The summed E-state index contributed by atoms with van der Waals surface area (Å²) in [5.41, 5.74) is -0.212. The Morgan fingerprint density at radius 3 is 2.47 bits per heavy atom. The van der Waals surface area contributed by atoms with Gasteiger partial charge in [-0.2, -0.15) is 0 Å². The van der Waals surface area contributed by atoms with Crippen molar-refractivity contribution in [3.05, 3.63) is 24.8 Å². The van der Waals surface area contributed by atoms with Crippen molar-refractivity contribution in [3.63, 3.8) is 0 Å². The Kier molecular flexibility index (Phi) is 4.20. The topological polar surface area (TPSA) is 55.8 Å². The van der Waals surface area contributed by atoms with Gasteiger partial charge in [0.25, 0.3) is 0 Å². The Labute approximate surface area is 87.9 Å². The van der Waals surface area contributed by atoms with Crippen molar-refractivity contribution in [1.82, 2.24) is 5.06 Å². The van der Waals surface area contributed by atoms with Gasteiger partial charge in [-0.15, -0.1) is 5.06 Å². The maximum Gasteiger partial charge on any atom is 0.360 e. The van der Waals surface area contributed by atoms with E-state index in [1.807, 2.05) is 0 Å². The van der Waals surface area contributed by atoms with E-state index in [4.69, 9.17) is 9.57 Å². The van der Waals surface area contributed by atoms with Crippen LogP contribution in [-0.4, -0.2) is 43.1 Å². The minimum absolute atomic E-state index is 0.212. The van der Waals surface area contributed by atoms with E-state index in [-0.39, 0.29) is 5.57 Å². The number of morpholine rings is 1. The highest BCUT2D eigenvalue weighted by atomic mass is 16.7. The summed E-state index contributed by atoms with van der Waals surface area (Å²) in [6.07, 6.45) is 1.03. The first-order valence-electron chi connectivity index (χ1n) is 4.56. The Balaban J connectivity index is 2.43. The van der Waals surface area contributed by atoms with Crippen molar-refractivity contribution in [2.75, 3.05) is 26.3 Å². The van der Waals surface area contributed by atoms with Crippen LogP contribution in [0, 0.1) is 0 Å². The number of rotatable bonds is 4. The molecule has 0 unspecified atom stereocenters. The molecule has 0 aromatic rings. The number of carbonyl (C=O) groups excluding carboxylic acids is 2. The molecule has 1 heterocycles. The SMILES string of the molecule is C=CC(=O)C(=C)C(=O)ON1CCOCC1. The largest absolute Gasteiger partial charge is 0.379 e. The van der Waals surface area contributed by atoms with E-state index in [9.17, 15) is 9.59 Å². The second-order valence-corrected chi connectivity index (χ2v) is 2.97. The van der Waals surface area contributed by atoms with Crippen LogP contribution in [0.3, 0.4) is 0 Å². The molecule has 0 aromatic heterocycles. The normalized spacial score (nSPS) is 16.8. The monoisotopic (exact) mass is 211 g/mol. The molecule has 0 atom stereocenters. The molecule has 15 heavy (non-hydrogen) atoms. The lowest BCUT2D eigenvalue weighted by Gasteiger charge is -2.24. The molecule has 0 saturated carbocycles. The van der Waals surface area contributed by atoms with Gasteiger partial charge in [-0.05, 0) is 6.08 Å². The van der Waals surface area contributed by atoms with Crippen LogP contribution in [0.1, 0.15) is 0 Å². The lowest BCUT2D eigenvalue weighted by atomic mass is 10.2. The van der Waals surface area contributed by atoms with Crippen molar-refractivity contribution in [3.8, 4) is 0 Å². The van der Waals surface area contributed by atoms with E-state index in [0.717, 1.165) is 6.08 Å². The van der Waals surface area contributed by atoms with E-state index in [2.05, 4.69) is 13.2 Å². The first kappa shape index (κ1) is 11.6. The van der Waals surface area contributed by atoms with Gasteiger partial charge in [-0.25, -0.2) is 4.79 Å². The van der Waals surface area contributed by atoms with Gasteiger partial charge in [0, 0.05) is 0 Å². The Bertz CT molecular complexity index is 292. The maximum atomic E-state index is 11.3. The van der Waals surface area contributed by atoms with Crippen LogP contribution in [0.2, 0.25) is 0 Å². The number of allylic oxidation sites excluding steroid dienone is 1. The number of nitrogens with zero attached hydrogens (tertiary/aromatic N) is 1. The third kappa shape index (κ3) is 3.30. The van der Waals surface area contributed by atoms with E-state index in [0.29, 0.717) is 26.3 Å². The first-order valence-corrected chi connectivity index (χ1v) is 4.56. The van der Waals surface area contributed by atoms with Gasteiger partial charge in [0.05, 0.1) is 26.3 Å². The van der Waals surface area contributed by atoms with Gasteiger partial charge in [-0.3, -0.25) is 4.79 Å². The molecule has 82 valence electrons. The molecule has 1 saturated heterocycles. The first-order chi connectivity index (χ1) is 7.15. The zero-order chi connectivity index (χ0) is 11.3. The fourth-order valence-electron chi connectivity index (χ4n) is 1.03. The fourth-order valence-corrected chi connectivity index (χ4v) is 1.03. The summed E-state index contributed by atoms with van der Waals surface area (Å²) in [5, 5.41) is 1.45. The standard InChI is InChI=1S/C10H13NO4/c1-3-9(12)8(2)10(13)15-11-4-6-14-7-5-11/h3H,1-2,4-7H2. The van der Waals surface area contributed by atoms with Crippen molar-refractivity contribution in [2.45, 2.75) is 0 Å². The van der Waals surface area contributed by atoms with Crippen molar-refractivity contribution in [1.29, 1.82) is 0 Å². The van der Waals surface area contributed by atoms with Gasteiger partial charge < -0.3 is 9.57 Å². The fraction of sp³-hybridized carbons (Fsp3) is 0.400. The number of hydrogen-bond donors (Lipinski definition) is 0. The van der Waals surface area contributed by atoms with Crippen molar-refractivity contribution >= 4 is 11.8 Å². The Morgan fingerprint density at radius 1 is 1.33 bits per heavy atom. The molecule has 0 aliphatic carbocycles. The smallest absolute Gasteiger partial charge is 0.360 e. The van der Waals surface area contributed by atoms with Crippen molar-refractivity contribution < 1.29 is 19.2 Å². The summed E-state index contributed by atoms with van der Waals surface area (Å²) in [6.45, 7) is 8.62. The number of ketones is 1. The average molecular weight is 211 g/mol. The van der Waals surface area contributed by atoms with Crippen LogP contribution < -0.4 is 0 Å². The number of hydrogen-bond acceptors (Lipinski definition) is 5. The van der Waals surface area contributed by atoms with Gasteiger partial charge in [0.1, 0.15) is 5.57 Å². The lowest BCUT2D eigenvalue weighted by molar-refractivity contribution is -0.200. The lowest BCUT2D eigenvalue weighted by Crippen LogP contribution is -2.38. The predicted octanol–water partition coefficient (Wildman–Crippen LogP) is 0.0881. The van der Waals surface area contributed by atoms with Gasteiger partial charge in [0.15, 0.2) is 5.78 Å². The maximum absolute atomic E-state index is 11.3. The molecule has 0 bridgehead atoms. The van der Waals surface area contributed by atoms with Gasteiger partial charge in [-0.1, -0.05) is 13.2 Å². The predicted molar refractivity (Wildman–Crippen MR) is 52.8 cm³/mol. The van der Waals surface area contributed by atoms with E-state index in [1.54, 1.807) is 0 Å². The summed E-state index contributed by atoms with van der Waals surface area (Å²) in [7, 11) is 0. The average Bonchev–Trinajstić information content (AvgIpc) is 2.28. The molecule has 0 amide bonds. The van der Waals surface area contributed by atoms with Crippen LogP contribution >= 0.6 is 0 Å². The quantitative estimate of drug-likeness (QED) is 0.374. The summed E-state index contributed by atoms with van der Waals surface area (Å²) >= 11 is 0. The van der Waals surface area contributed by atoms with Crippen LogP contribution in [0.25, 0.3) is 0 Å². The van der Waals surface area contributed by atoms with Crippen LogP contribution in [0.5, 0.6) is 0 Å². The minimum Gasteiger partial charge on any atom is -0.379 e. The molecule has 5 heteroatoms. The van der Waals surface area contributed by atoms with Crippen molar-refractivity contribution in [2.24, 2.45) is 0 Å². The molecule has 0 radical (unpaired) electrons. The van der Waals surface area contributed by atoms with Crippen LogP contribution in [-0.2, 0) is 19.2 Å². The second-order valence-electron chi connectivity index (χ2n) is 2.97. The van der Waals surface area contributed by atoms with Gasteiger partial charge >= 0.3 is 5.97 Å². The minimum atomic E-state index is -0.734. The molecule has 1 aliphatic rings. The molecule has 1 aliphatic heterocycles. The third-order valence-electron chi connectivity index (χ3n) is 1.91. The summed E-state index contributed by atoms with van der Waals surface area (Å²) in [4.78, 5) is 27.3. The molecule has 0 aromatic carbocycles. The van der Waals surface area contributed by atoms with Gasteiger partial charge in [0.2, 0.25) is 0 Å². The Hall–Kier alpha value is -1.46. The number of carbonyl (C=O) groups is 2. The van der Waals surface area contributed by atoms with Crippen LogP contribution in [0.15, 0.2) is 24.8 Å². The summed E-state index contributed by atoms with van der Waals surface area (Å²) in [5.74, 6) is -1.25. The highest BCUT2D eigenvalue weighted by Crippen LogP contribution is 2.03. The zero-order valence-electron chi connectivity index (χ0n) is 8.40. The van der Waals surface area contributed by atoms with Crippen LogP contribution in [0.4, 0.5) is 0 Å². The molecule has 5 nitrogen and oxygen atoms in total. The molecule has 0 spiro atoms. The molecular formula is C10H13NO4. The highest BCUT2D eigenvalue weighted by molar-refractivity contribution is 6.20. The van der Waals surface area contributed by atoms with E-state index in [1.165, 1.54) is 5.06 Å². The molecular weight excluding hydrogens is 198 g/mol. The highest BCUT2D eigenvalue weighted by Gasteiger charge is 2.20. The second kappa shape index (κ2) is 5.43. The summed E-state index contributed by atoms with van der Waals surface area (Å²) < 4.78 is 5.07. The molecule has 0 N–H and O–H groups in total. The number of ether oxygens (including phenoxy) is 1. The van der Waals surface area contributed by atoms with E-state index < -0.39 is 11.8 Å². The van der Waals surface area contributed by atoms with E-state index >= 15 is 0 Å². The Morgan fingerprint density at radius 2 is 1.93 bits per heavy atom. The zero-order valence-corrected chi connectivity index (χ0v) is 8.40.